The van der Waals surface area contributed by atoms with Crippen molar-refractivity contribution in [2.75, 3.05) is 0 Å². The molecule has 0 aliphatic carbocycles. The molecule has 0 saturated heterocycles. The first kappa shape index (κ1) is 12.2. The topological polar surface area (TPSA) is 50.2 Å². The zero-order valence-corrected chi connectivity index (χ0v) is 10.4. The SMILES string of the molecule is CC(C)CC(C(=O)O)c1ccc(Br)cn1. The van der Waals surface area contributed by atoms with Gasteiger partial charge in [-0.15, -0.1) is 0 Å². The quantitative estimate of drug-likeness (QED) is 0.916. The fourth-order valence-electron chi connectivity index (χ4n) is 1.41. The molecule has 1 aromatic heterocycles. The second-order valence-corrected chi connectivity index (χ2v) is 4.84. The second kappa shape index (κ2) is 5.26. The van der Waals surface area contributed by atoms with Crippen LogP contribution in [0.4, 0.5) is 0 Å². The van der Waals surface area contributed by atoms with Gasteiger partial charge in [-0.1, -0.05) is 13.8 Å². The normalized spacial score (nSPS) is 12.8. The molecule has 1 heterocycles. The van der Waals surface area contributed by atoms with E-state index in [1.54, 1.807) is 12.3 Å². The third kappa shape index (κ3) is 3.63. The lowest BCUT2D eigenvalue weighted by atomic mass is 9.94. The van der Waals surface area contributed by atoms with Gasteiger partial charge in [0.2, 0.25) is 0 Å². The molecule has 1 unspecified atom stereocenters. The smallest absolute Gasteiger partial charge is 0.312 e. The van der Waals surface area contributed by atoms with Crippen LogP contribution < -0.4 is 0 Å². The molecule has 1 rings (SSSR count). The van der Waals surface area contributed by atoms with Gasteiger partial charge in [0.05, 0.1) is 11.6 Å². The van der Waals surface area contributed by atoms with Crippen molar-refractivity contribution in [1.82, 2.24) is 4.98 Å². The van der Waals surface area contributed by atoms with Gasteiger partial charge in [-0.05, 0) is 40.4 Å². The third-order valence-corrected chi connectivity index (χ3v) is 2.58. The van der Waals surface area contributed by atoms with Crippen LogP contribution in [0.2, 0.25) is 0 Å². The van der Waals surface area contributed by atoms with Crippen LogP contribution >= 0.6 is 15.9 Å². The number of carbonyl (C=O) groups is 1. The summed E-state index contributed by atoms with van der Waals surface area (Å²) >= 11 is 3.27. The number of pyridine rings is 1. The van der Waals surface area contributed by atoms with E-state index in [0.29, 0.717) is 18.0 Å². The van der Waals surface area contributed by atoms with Gasteiger partial charge >= 0.3 is 5.97 Å². The van der Waals surface area contributed by atoms with Crippen LogP contribution in [-0.4, -0.2) is 16.1 Å². The molecule has 0 bridgehead atoms. The van der Waals surface area contributed by atoms with E-state index < -0.39 is 11.9 Å². The maximum Gasteiger partial charge on any atom is 0.312 e. The minimum atomic E-state index is -0.807. The van der Waals surface area contributed by atoms with E-state index in [1.807, 2.05) is 19.9 Å². The third-order valence-electron chi connectivity index (χ3n) is 2.11. The van der Waals surface area contributed by atoms with E-state index in [-0.39, 0.29) is 0 Å². The minimum Gasteiger partial charge on any atom is -0.481 e. The highest BCUT2D eigenvalue weighted by atomic mass is 79.9. The second-order valence-electron chi connectivity index (χ2n) is 3.92. The predicted molar refractivity (Wildman–Crippen MR) is 61.8 cm³/mol. The zero-order valence-electron chi connectivity index (χ0n) is 8.77. The molecule has 0 amide bonds. The summed E-state index contributed by atoms with van der Waals surface area (Å²) in [5.41, 5.74) is 0.624. The molecule has 0 aromatic carbocycles. The number of nitrogens with zero attached hydrogens (tertiary/aromatic N) is 1. The number of aliphatic carboxylic acids is 1. The summed E-state index contributed by atoms with van der Waals surface area (Å²) in [4.78, 5) is 15.2. The minimum absolute atomic E-state index is 0.344. The standard InChI is InChI=1S/C11H14BrNO2/c1-7(2)5-9(11(14)15)10-4-3-8(12)6-13-10/h3-4,6-7,9H,5H2,1-2H3,(H,14,15). The summed E-state index contributed by atoms with van der Waals surface area (Å²) < 4.78 is 0.861. The number of hydrogen-bond donors (Lipinski definition) is 1. The first-order valence-electron chi connectivity index (χ1n) is 4.85. The van der Waals surface area contributed by atoms with Gasteiger partial charge < -0.3 is 5.11 Å². The van der Waals surface area contributed by atoms with E-state index in [2.05, 4.69) is 20.9 Å². The Balaban J connectivity index is 2.89. The van der Waals surface area contributed by atoms with Gasteiger partial charge in [-0.25, -0.2) is 0 Å². The molecule has 0 aliphatic heterocycles. The van der Waals surface area contributed by atoms with Crippen LogP contribution in [0, 0.1) is 5.92 Å². The number of carboxylic acids is 1. The van der Waals surface area contributed by atoms with E-state index >= 15 is 0 Å². The number of carboxylic acid groups (broad SMARTS) is 1. The number of rotatable bonds is 4. The first-order chi connectivity index (χ1) is 7.00. The fourth-order valence-corrected chi connectivity index (χ4v) is 1.65. The van der Waals surface area contributed by atoms with Gasteiger partial charge in [0.15, 0.2) is 0 Å². The number of halogens is 1. The van der Waals surface area contributed by atoms with Crippen LogP contribution in [-0.2, 0) is 4.79 Å². The first-order valence-corrected chi connectivity index (χ1v) is 5.64. The molecular formula is C11H14BrNO2. The Morgan fingerprint density at radius 3 is 2.60 bits per heavy atom. The molecule has 0 saturated carbocycles. The predicted octanol–water partition coefficient (Wildman–Crippen LogP) is 3.06. The van der Waals surface area contributed by atoms with Crippen molar-refractivity contribution in [1.29, 1.82) is 0 Å². The summed E-state index contributed by atoms with van der Waals surface area (Å²) in [6, 6.07) is 3.57. The van der Waals surface area contributed by atoms with Crippen molar-refractivity contribution in [2.45, 2.75) is 26.2 Å². The summed E-state index contributed by atoms with van der Waals surface area (Å²) in [5.74, 6) is -0.965. The van der Waals surface area contributed by atoms with Crippen molar-refractivity contribution in [3.05, 3.63) is 28.5 Å². The lowest BCUT2D eigenvalue weighted by Gasteiger charge is -2.13. The van der Waals surface area contributed by atoms with Crippen LogP contribution in [0.5, 0.6) is 0 Å². The molecule has 1 aromatic rings. The average Bonchev–Trinajstić information content (AvgIpc) is 2.15. The van der Waals surface area contributed by atoms with Crippen molar-refractivity contribution >= 4 is 21.9 Å². The Labute approximate surface area is 97.7 Å². The molecule has 15 heavy (non-hydrogen) atoms. The highest BCUT2D eigenvalue weighted by Crippen LogP contribution is 2.23. The van der Waals surface area contributed by atoms with Gasteiger partial charge in [0.1, 0.15) is 0 Å². The van der Waals surface area contributed by atoms with E-state index in [4.69, 9.17) is 5.11 Å². The highest BCUT2D eigenvalue weighted by molar-refractivity contribution is 9.10. The molecule has 0 spiro atoms. The molecule has 0 radical (unpaired) electrons. The Morgan fingerprint density at radius 1 is 1.53 bits per heavy atom. The van der Waals surface area contributed by atoms with Crippen LogP contribution in [0.1, 0.15) is 31.9 Å². The zero-order chi connectivity index (χ0) is 11.4. The molecule has 82 valence electrons. The molecule has 0 aliphatic rings. The van der Waals surface area contributed by atoms with Crippen LogP contribution in [0.25, 0.3) is 0 Å². The number of hydrogen-bond acceptors (Lipinski definition) is 2. The molecule has 1 atom stereocenters. The van der Waals surface area contributed by atoms with Gasteiger partial charge in [0.25, 0.3) is 0 Å². The molecule has 3 nitrogen and oxygen atoms in total. The van der Waals surface area contributed by atoms with Gasteiger partial charge in [-0.3, -0.25) is 9.78 Å². The van der Waals surface area contributed by atoms with E-state index in [0.717, 1.165) is 4.47 Å². The Hall–Kier alpha value is -0.900. The lowest BCUT2D eigenvalue weighted by Crippen LogP contribution is -2.15. The highest BCUT2D eigenvalue weighted by Gasteiger charge is 2.22. The van der Waals surface area contributed by atoms with Crippen molar-refractivity contribution in [3.63, 3.8) is 0 Å². The average molecular weight is 272 g/mol. The summed E-state index contributed by atoms with van der Waals surface area (Å²) in [6.45, 7) is 4.02. The molecule has 4 heteroatoms. The van der Waals surface area contributed by atoms with E-state index in [9.17, 15) is 4.79 Å². The summed E-state index contributed by atoms with van der Waals surface area (Å²) in [5, 5.41) is 9.09. The summed E-state index contributed by atoms with van der Waals surface area (Å²) in [6.07, 6.45) is 2.25. The van der Waals surface area contributed by atoms with Crippen molar-refractivity contribution < 1.29 is 9.90 Å². The van der Waals surface area contributed by atoms with Gasteiger partial charge in [0, 0.05) is 10.7 Å². The fraction of sp³-hybridized carbons (Fsp3) is 0.455. The van der Waals surface area contributed by atoms with Crippen LogP contribution in [0.15, 0.2) is 22.8 Å². The molecule has 1 N–H and O–H groups in total. The lowest BCUT2D eigenvalue weighted by molar-refractivity contribution is -0.139. The number of aromatic nitrogens is 1. The largest absolute Gasteiger partial charge is 0.481 e. The Morgan fingerprint density at radius 2 is 2.20 bits per heavy atom. The Kier molecular flexibility index (Phi) is 4.27. The maximum absolute atomic E-state index is 11.1. The molecule has 0 fully saturated rings. The van der Waals surface area contributed by atoms with Gasteiger partial charge in [-0.2, -0.15) is 0 Å². The van der Waals surface area contributed by atoms with E-state index in [1.165, 1.54) is 0 Å². The maximum atomic E-state index is 11.1. The summed E-state index contributed by atoms with van der Waals surface area (Å²) in [7, 11) is 0. The van der Waals surface area contributed by atoms with Crippen LogP contribution in [0.3, 0.4) is 0 Å². The van der Waals surface area contributed by atoms with Crippen molar-refractivity contribution in [2.24, 2.45) is 5.92 Å². The molecular weight excluding hydrogens is 258 g/mol. The monoisotopic (exact) mass is 271 g/mol. The van der Waals surface area contributed by atoms with Crippen molar-refractivity contribution in [3.8, 4) is 0 Å². The Bertz CT molecular complexity index is 335.